The number of ether oxygens (including phenoxy) is 1. The van der Waals surface area contributed by atoms with Crippen LogP contribution in [0.1, 0.15) is 37.7 Å². The smallest absolute Gasteiger partial charge is 0.281 e. The minimum Gasteiger partial charge on any atom is -0.494 e. The monoisotopic (exact) mass is 444 g/mol. The van der Waals surface area contributed by atoms with Crippen LogP contribution in [-0.2, 0) is 4.79 Å². The van der Waals surface area contributed by atoms with Crippen molar-refractivity contribution in [1.82, 2.24) is 14.3 Å². The normalized spacial score (nSPS) is 12.0. The highest BCUT2D eigenvalue weighted by Gasteiger charge is 2.25. The van der Waals surface area contributed by atoms with Gasteiger partial charge in [0.15, 0.2) is 0 Å². The zero-order valence-electron chi connectivity index (χ0n) is 19.3. The molecule has 0 spiro atoms. The topological polar surface area (TPSA) is 78.2 Å². The van der Waals surface area contributed by atoms with Crippen molar-refractivity contribution in [2.75, 3.05) is 11.9 Å². The molecular formula is C26H28N4O3. The summed E-state index contributed by atoms with van der Waals surface area (Å²) in [6, 6.07) is 16.2. The first-order valence-electron chi connectivity index (χ1n) is 11.1. The molecule has 4 aromatic rings. The van der Waals surface area contributed by atoms with E-state index in [9.17, 15) is 9.59 Å². The van der Waals surface area contributed by atoms with Gasteiger partial charge in [-0.3, -0.25) is 9.59 Å². The van der Waals surface area contributed by atoms with Gasteiger partial charge in [-0.05, 0) is 63.6 Å². The van der Waals surface area contributed by atoms with E-state index in [1.165, 1.54) is 4.68 Å². The molecule has 0 unspecified atom stereocenters. The number of anilines is 1. The number of benzene rings is 2. The zero-order chi connectivity index (χ0) is 23.5. The molecule has 0 radical (unpaired) electrons. The predicted molar refractivity (Wildman–Crippen MR) is 130 cm³/mol. The minimum atomic E-state index is -0.464. The lowest BCUT2D eigenvalue weighted by Crippen LogP contribution is -2.27. The van der Waals surface area contributed by atoms with E-state index in [-0.39, 0.29) is 11.5 Å². The highest BCUT2D eigenvalue weighted by molar-refractivity contribution is 5.95. The molecule has 2 heterocycles. The SMILES string of the molecule is CCOc1ccc(NC(=O)[C@H](CC)n2c(C)c3cnn(-c4ccccc4)c(=O)c3c2C)cc1. The number of carbonyl (C=O) groups excluding carboxylic acids is 1. The molecule has 2 aromatic heterocycles. The van der Waals surface area contributed by atoms with Gasteiger partial charge in [0.25, 0.3) is 5.56 Å². The zero-order valence-corrected chi connectivity index (χ0v) is 19.3. The van der Waals surface area contributed by atoms with Crippen LogP contribution < -0.4 is 15.6 Å². The number of amides is 1. The Kier molecular flexibility index (Phi) is 6.31. The van der Waals surface area contributed by atoms with Gasteiger partial charge in [-0.1, -0.05) is 25.1 Å². The highest BCUT2D eigenvalue weighted by Crippen LogP contribution is 2.29. The highest BCUT2D eigenvalue weighted by atomic mass is 16.5. The summed E-state index contributed by atoms with van der Waals surface area (Å²) in [5.41, 5.74) is 2.81. The van der Waals surface area contributed by atoms with Gasteiger partial charge in [0, 0.05) is 22.5 Å². The Morgan fingerprint density at radius 3 is 2.36 bits per heavy atom. The van der Waals surface area contributed by atoms with E-state index in [1.54, 1.807) is 6.20 Å². The number of para-hydroxylation sites is 1. The number of aryl methyl sites for hydroxylation is 2. The Labute approximate surface area is 192 Å². The molecule has 0 bridgehead atoms. The molecular weight excluding hydrogens is 416 g/mol. The van der Waals surface area contributed by atoms with Gasteiger partial charge in [-0.25, -0.2) is 0 Å². The average molecular weight is 445 g/mol. The number of rotatable bonds is 7. The summed E-state index contributed by atoms with van der Waals surface area (Å²) in [5.74, 6) is 0.623. The number of fused-ring (bicyclic) bond motifs is 1. The van der Waals surface area contributed by atoms with E-state index < -0.39 is 6.04 Å². The van der Waals surface area contributed by atoms with Crippen molar-refractivity contribution in [1.29, 1.82) is 0 Å². The van der Waals surface area contributed by atoms with Crippen molar-refractivity contribution >= 4 is 22.4 Å². The number of aromatic nitrogens is 3. The second-order valence-corrected chi connectivity index (χ2v) is 7.90. The van der Waals surface area contributed by atoms with E-state index in [2.05, 4.69) is 10.4 Å². The molecule has 7 heteroatoms. The first-order chi connectivity index (χ1) is 16.0. The van der Waals surface area contributed by atoms with Crippen LogP contribution in [-0.4, -0.2) is 26.9 Å². The molecule has 7 nitrogen and oxygen atoms in total. The van der Waals surface area contributed by atoms with Crippen LogP contribution >= 0.6 is 0 Å². The lowest BCUT2D eigenvalue weighted by molar-refractivity contribution is -0.119. The average Bonchev–Trinajstić information content (AvgIpc) is 3.07. The second-order valence-electron chi connectivity index (χ2n) is 7.90. The first-order valence-corrected chi connectivity index (χ1v) is 11.1. The summed E-state index contributed by atoms with van der Waals surface area (Å²) in [5, 5.41) is 8.73. The Morgan fingerprint density at radius 2 is 1.73 bits per heavy atom. The molecule has 0 aliphatic carbocycles. The van der Waals surface area contributed by atoms with E-state index in [0.717, 1.165) is 22.5 Å². The number of nitrogens with one attached hydrogen (secondary N) is 1. The molecule has 2 aromatic carbocycles. The maximum atomic E-state index is 13.3. The van der Waals surface area contributed by atoms with Crippen molar-refractivity contribution in [2.24, 2.45) is 0 Å². The van der Waals surface area contributed by atoms with Gasteiger partial charge in [0.1, 0.15) is 11.8 Å². The molecule has 33 heavy (non-hydrogen) atoms. The fourth-order valence-electron chi connectivity index (χ4n) is 4.31. The summed E-state index contributed by atoms with van der Waals surface area (Å²) in [6.07, 6.45) is 2.28. The van der Waals surface area contributed by atoms with Gasteiger partial charge in [-0.15, -0.1) is 0 Å². The summed E-state index contributed by atoms with van der Waals surface area (Å²) in [7, 11) is 0. The van der Waals surface area contributed by atoms with Crippen molar-refractivity contribution < 1.29 is 9.53 Å². The van der Waals surface area contributed by atoms with Crippen molar-refractivity contribution in [3.63, 3.8) is 0 Å². The third-order valence-corrected chi connectivity index (χ3v) is 5.89. The van der Waals surface area contributed by atoms with Gasteiger partial charge < -0.3 is 14.6 Å². The fourth-order valence-corrected chi connectivity index (χ4v) is 4.31. The quantitative estimate of drug-likeness (QED) is 0.444. The molecule has 0 saturated heterocycles. The molecule has 0 saturated carbocycles. The Hall–Kier alpha value is -3.87. The van der Waals surface area contributed by atoms with Crippen LogP contribution in [0, 0.1) is 13.8 Å². The molecule has 0 aliphatic rings. The van der Waals surface area contributed by atoms with Crippen LogP contribution in [0.2, 0.25) is 0 Å². The lowest BCUT2D eigenvalue weighted by atomic mass is 10.1. The molecule has 0 aliphatic heterocycles. The summed E-state index contributed by atoms with van der Waals surface area (Å²) >= 11 is 0. The number of carbonyl (C=O) groups is 1. The summed E-state index contributed by atoms with van der Waals surface area (Å²) in [6.45, 7) is 8.29. The maximum Gasteiger partial charge on any atom is 0.281 e. The van der Waals surface area contributed by atoms with Crippen LogP contribution in [0.3, 0.4) is 0 Å². The van der Waals surface area contributed by atoms with E-state index in [0.29, 0.717) is 29.8 Å². The van der Waals surface area contributed by atoms with Crippen LogP contribution in [0.5, 0.6) is 5.75 Å². The van der Waals surface area contributed by atoms with E-state index >= 15 is 0 Å². The Bertz CT molecular complexity index is 1340. The lowest BCUT2D eigenvalue weighted by Gasteiger charge is -2.21. The largest absolute Gasteiger partial charge is 0.494 e. The molecule has 0 fully saturated rings. The second kappa shape index (κ2) is 9.32. The predicted octanol–water partition coefficient (Wildman–Crippen LogP) is 4.79. The Balaban J connectivity index is 1.72. The number of hydrogen-bond acceptors (Lipinski definition) is 4. The van der Waals surface area contributed by atoms with Gasteiger partial charge >= 0.3 is 0 Å². The number of nitrogens with zero attached hydrogens (tertiary/aromatic N) is 3. The third-order valence-electron chi connectivity index (χ3n) is 5.89. The molecule has 170 valence electrons. The van der Waals surface area contributed by atoms with E-state index in [4.69, 9.17) is 4.74 Å². The van der Waals surface area contributed by atoms with Gasteiger partial charge in [0.2, 0.25) is 5.91 Å². The molecule has 4 rings (SSSR count). The summed E-state index contributed by atoms with van der Waals surface area (Å²) in [4.78, 5) is 26.6. The fraction of sp³-hybridized carbons (Fsp3) is 0.269. The van der Waals surface area contributed by atoms with Crippen molar-refractivity contribution in [3.8, 4) is 11.4 Å². The van der Waals surface area contributed by atoms with Crippen LogP contribution in [0.25, 0.3) is 16.5 Å². The van der Waals surface area contributed by atoms with Crippen molar-refractivity contribution in [2.45, 2.75) is 40.2 Å². The van der Waals surface area contributed by atoms with Crippen LogP contribution in [0.15, 0.2) is 65.6 Å². The molecule has 1 atom stereocenters. The summed E-state index contributed by atoms with van der Waals surface area (Å²) < 4.78 is 8.82. The van der Waals surface area contributed by atoms with E-state index in [1.807, 2.05) is 86.9 Å². The standard InChI is InChI=1S/C26H28N4O3/c1-5-23(25(31)28-19-12-14-21(15-13-19)33-6-2)29-17(3)22-16-27-30(20-10-8-7-9-11-20)26(32)24(22)18(29)4/h7-16,23H,5-6H2,1-4H3,(H,28,31)/t23-/m0/s1. The van der Waals surface area contributed by atoms with Crippen LogP contribution in [0.4, 0.5) is 5.69 Å². The van der Waals surface area contributed by atoms with Crippen molar-refractivity contribution in [3.05, 3.63) is 82.5 Å². The van der Waals surface area contributed by atoms with Gasteiger partial charge in [0.05, 0.1) is 23.9 Å². The molecule has 1 N–H and O–H groups in total. The minimum absolute atomic E-state index is 0.135. The molecule has 1 amide bonds. The Morgan fingerprint density at radius 1 is 1.03 bits per heavy atom. The van der Waals surface area contributed by atoms with Gasteiger partial charge in [-0.2, -0.15) is 9.78 Å². The third kappa shape index (κ3) is 4.14. The maximum absolute atomic E-state index is 13.3. The first kappa shape index (κ1) is 22.3. The number of hydrogen-bond donors (Lipinski definition) is 1.